The third-order valence-electron chi connectivity index (χ3n) is 4.55. The fraction of sp³-hybridized carbons (Fsp3) is 0.300. The van der Waals surface area contributed by atoms with E-state index < -0.39 is 0 Å². The molecule has 3 rings (SSSR count). The van der Waals surface area contributed by atoms with Crippen LogP contribution in [0.15, 0.2) is 43.0 Å². The van der Waals surface area contributed by atoms with E-state index in [1.807, 2.05) is 12.1 Å². The van der Waals surface area contributed by atoms with Crippen molar-refractivity contribution < 1.29 is 0 Å². The Morgan fingerprint density at radius 1 is 1.14 bits per heavy atom. The molecular weight excluding hydrogens is 290 g/mol. The van der Waals surface area contributed by atoms with Gasteiger partial charge in [0.25, 0.3) is 0 Å². The van der Waals surface area contributed by atoms with Crippen molar-refractivity contribution in [3.8, 4) is 0 Å². The molecule has 114 valence electrons. The molecule has 2 heteroatoms. The summed E-state index contributed by atoms with van der Waals surface area (Å²) in [5.41, 5.74) is 8.10. The molecule has 0 aliphatic carbocycles. The lowest BCUT2D eigenvalue weighted by Gasteiger charge is -2.31. The van der Waals surface area contributed by atoms with Crippen LogP contribution in [0.25, 0.3) is 5.70 Å². The normalized spacial score (nSPS) is 14.1. The van der Waals surface area contributed by atoms with Crippen LogP contribution < -0.4 is 0 Å². The molecule has 2 aromatic rings. The van der Waals surface area contributed by atoms with Crippen LogP contribution in [0.2, 0.25) is 5.02 Å². The standard InChI is InChI=1S/C20H22ClN/c1-14-12-17(7-4-16-5-8-18(21)9-6-16)19-10-11-22(3)15(2)20(19)13-14/h5-6,8-9,12-13H,2,4,7,10-11H2,1,3H3. The van der Waals surface area contributed by atoms with Gasteiger partial charge in [0, 0.05) is 29.9 Å². The molecular formula is C20H22ClN. The van der Waals surface area contributed by atoms with Crippen molar-refractivity contribution in [3.63, 3.8) is 0 Å². The molecule has 0 unspecified atom stereocenters. The van der Waals surface area contributed by atoms with Crippen molar-refractivity contribution in [2.24, 2.45) is 0 Å². The fourth-order valence-electron chi connectivity index (χ4n) is 3.22. The van der Waals surface area contributed by atoms with Crippen LogP contribution in [0.1, 0.15) is 27.8 Å². The summed E-state index contributed by atoms with van der Waals surface area (Å²) >= 11 is 5.96. The van der Waals surface area contributed by atoms with Gasteiger partial charge in [-0.2, -0.15) is 0 Å². The first-order valence-corrected chi connectivity index (χ1v) is 8.19. The molecule has 0 N–H and O–H groups in total. The molecule has 0 saturated heterocycles. The topological polar surface area (TPSA) is 3.24 Å². The minimum atomic E-state index is 0.802. The van der Waals surface area contributed by atoms with Crippen LogP contribution >= 0.6 is 11.6 Å². The second kappa shape index (κ2) is 6.18. The molecule has 0 spiro atoms. The molecule has 1 heterocycles. The summed E-state index contributed by atoms with van der Waals surface area (Å²) < 4.78 is 0. The zero-order valence-corrected chi connectivity index (χ0v) is 14.1. The minimum Gasteiger partial charge on any atom is -0.374 e. The second-order valence-corrected chi connectivity index (χ2v) is 6.63. The summed E-state index contributed by atoms with van der Waals surface area (Å²) in [6, 6.07) is 12.8. The first kappa shape index (κ1) is 15.2. The highest BCUT2D eigenvalue weighted by Crippen LogP contribution is 2.30. The van der Waals surface area contributed by atoms with Crippen molar-refractivity contribution in [1.29, 1.82) is 0 Å². The lowest BCUT2D eigenvalue weighted by Crippen LogP contribution is -2.26. The van der Waals surface area contributed by atoms with Gasteiger partial charge in [0.15, 0.2) is 0 Å². The molecule has 1 nitrogen and oxygen atoms in total. The first-order valence-electron chi connectivity index (χ1n) is 7.82. The van der Waals surface area contributed by atoms with Crippen molar-refractivity contribution in [2.75, 3.05) is 13.6 Å². The van der Waals surface area contributed by atoms with Gasteiger partial charge in [-0.1, -0.05) is 41.9 Å². The lowest BCUT2D eigenvalue weighted by atomic mass is 9.88. The van der Waals surface area contributed by atoms with Gasteiger partial charge in [-0.05, 0) is 61.1 Å². The number of halogens is 1. The van der Waals surface area contributed by atoms with Crippen LogP contribution in [0.4, 0.5) is 0 Å². The van der Waals surface area contributed by atoms with E-state index in [2.05, 4.69) is 49.7 Å². The highest BCUT2D eigenvalue weighted by atomic mass is 35.5. The molecule has 0 atom stereocenters. The predicted molar refractivity (Wildman–Crippen MR) is 95.4 cm³/mol. The Kier molecular flexibility index (Phi) is 4.26. The number of nitrogens with zero attached hydrogens (tertiary/aromatic N) is 1. The molecule has 2 aromatic carbocycles. The lowest BCUT2D eigenvalue weighted by molar-refractivity contribution is 0.468. The van der Waals surface area contributed by atoms with Crippen molar-refractivity contribution >= 4 is 17.3 Å². The van der Waals surface area contributed by atoms with Gasteiger partial charge >= 0.3 is 0 Å². The Hall–Kier alpha value is -1.73. The number of hydrogen-bond donors (Lipinski definition) is 0. The number of hydrogen-bond acceptors (Lipinski definition) is 1. The van der Waals surface area contributed by atoms with Crippen LogP contribution in [0.3, 0.4) is 0 Å². The molecule has 0 saturated carbocycles. The molecule has 0 radical (unpaired) electrons. The molecule has 0 amide bonds. The van der Waals surface area contributed by atoms with Gasteiger partial charge in [0.05, 0.1) is 0 Å². The quantitative estimate of drug-likeness (QED) is 0.780. The van der Waals surface area contributed by atoms with E-state index in [9.17, 15) is 0 Å². The van der Waals surface area contributed by atoms with Gasteiger partial charge in [-0.25, -0.2) is 0 Å². The van der Waals surface area contributed by atoms with Gasteiger partial charge in [-0.3, -0.25) is 0 Å². The van der Waals surface area contributed by atoms with E-state index in [0.29, 0.717) is 0 Å². The Morgan fingerprint density at radius 2 is 1.86 bits per heavy atom. The summed E-state index contributed by atoms with van der Waals surface area (Å²) in [6.07, 6.45) is 3.24. The Balaban J connectivity index is 1.86. The molecule has 22 heavy (non-hydrogen) atoms. The van der Waals surface area contributed by atoms with Crippen LogP contribution in [0.5, 0.6) is 0 Å². The second-order valence-electron chi connectivity index (χ2n) is 6.19. The number of rotatable bonds is 3. The average molecular weight is 312 g/mol. The van der Waals surface area contributed by atoms with Gasteiger partial charge in [-0.15, -0.1) is 0 Å². The van der Waals surface area contributed by atoms with Gasteiger partial charge in [0.2, 0.25) is 0 Å². The molecule has 1 aliphatic heterocycles. The maximum atomic E-state index is 5.96. The number of aryl methyl sites for hydroxylation is 3. The summed E-state index contributed by atoms with van der Waals surface area (Å²) in [6.45, 7) is 7.49. The van der Waals surface area contributed by atoms with E-state index in [0.717, 1.165) is 36.5 Å². The molecule has 0 bridgehead atoms. The fourth-order valence-corrected chi connectivity index (χ4v) is 3.34. The monoisotopic (exact) mass is 311 g/mol. The predicted octanol–water partition coefficient (Wildman–Crippen LogP) is 4.89. The maximum Gasteiger partial charge on any atom is 0.0406 e. The van der Waals surface area contributed by atoms with E-state index in [1.165, 1.54) is 27.8 Å². The highest BCUT2D eigenvalue weighted by Gasteiger charge is 2.19. The van der Waals surface area contributed by atoms with Crippen LogP contribution in [-0.2, 0) is 19.3 Å². The van der Waals surface area contributed by atoms with E-state index in [4.69, 9.17) is 11.6 Å². The van der Waals surface area contributed by atoms with Gasteiger partial charge in [0.1, 0.15) is 0 Å². The zero-order valence-electron chi connectivity index (χ0n) is 13.3. The summed E-state index contributed by atoms with van der Waals surface area (Å²) in [5.74, 6) is 0. The summed E-state index contributed by atoms with van der Waals surface area (Å²) in [7, 11) is 2.13. The number of fused-ring (bicyclic) bond motifs is 1. The Labute approximate surface area is 138 Å². The summed E-state index contributed by atoms with van der Waals surface area (Å²) in [5, 5.41) is 0.802. The third kappa shape index (κ3) is 3.05. The average Bonchev–Trinajstić information content (AvgIpc) is 2.50. The highest BCUT2D eigenvalue weighted by molar-refractivity contribution is 6.30. The summed E-state index contributed by atoms with van der Waals surface area (Å²) in [4.78, 5) is 2.25. The Bertz CT molecular complexity index is 700. The SMILES string of the molecule is C=C1c2cc(C)cc(CCc3ccc(Cl)cc3)c2CCN1C. The molecule has 0 fully saturated rings. The molecule has 0 aromatic heterocycles. The zero-order chi connectivity index (χ0) is 15.7. The van der Waals surface area contributed by atoms with Crippen molar-refractivity contribution in [1.82, 2.24) is 4.90 Å². The third-order valence-corrected chi connectivity index (χ3v) is 4.80. The maximum absolute atomic E-state index is 5.96. The smallest absolute Gasteiger partial charge is 0.0406 e. The van der Waals surface area contributed by atoms with Crippen LogP contribution in [0, 0.1) is 6.92 Å². The number of benzene rings is 2. The van der Waals surface area contributed by atoms with E-state index >= 15 is 0 Å². The Morgan fingerprint density at radius 3 is 2.59 bits per heavy atom. The first-order chi connectivity index (χ1) is 10.5. The number of likely N-dealkylation sites (N-methyl/N-ethyl adjacent to an activating group) is 1. The van der Waals surface area contributed by atoms with Gasteiger partial charge < -0.3 is 4.90 Å². The van der Waals surface area contributed by atoms with E-state index in [-0.39, 0.29) is 0 Å². The minimum absolute atomic E-state index is 0.802. The largest absolute Gasteiger partial charge is 0.374 e. The van der Waals surface area contributed by atoms with Crippen LogP contribution in [-0.4, -0.2) is 18.5 Å². The van der Waals surface area contributed by atoms with E-state index in [1.54, 1.807) is 0 Å². The van der Waals surface area contributed by atoms with Crippen molar-refractivity contribution in [2.45, 2.75) is 26.2 Å². The molecule has 1 aliphatic rings. The van der Waals surface area contributed by atoms with Crippen molar-refractivity contribution in [3.05, 3.63) is 75.8 Å².